The summed E-state index contributed by atoms with van der Waals surface area (Å²) in [5.74, 6) is 0. The Morgan fingerprint density at radius 2 is 0.644 bits per heavy atom. The summed E-state index contributed by atoms with van der Waals surface area (Å²) >= 11 is 0. The van der Waals surface area contributed by atoms with Crippen LogP contribution in [0.5, 0.6) is 0 Å². The van der Waals surface area contributed by atoms with Gasteiger partial charge in [0, 0.05) is 39.2 Å². The molecule has 0 spiro atoms. The van der Waals surface area contributed by atoms with Crippen molar-refractivity contribution in [1.82, 2.24) is 9.97 Å². The largest absolute Gasteiger partial charge is 0.251 e. The molecule has 0 aliphatic rings. The molecule has 7 rings (SSSR count). The number of nitrogens with zero attached hydrogens (tertiary/aromatic N) is 2. The van der Waals surface area contributed by atoms with E-state index in [1.807, 2.05) is 26.0 Å². The molecule has 0 saturated carbocycles. The third-order valence-corrected chi connectivity index (χ3v) is 14.0. The maximum absolute atomic E-state index is 4.58. The van der Waals surface area contributed by atoms with E-state index in [9.17, 15) is 0 Å². The zero-order chi connectivity index (χ0) is 30.1. The van der Waals surface area contributed by atoms with Crippen molar-refractivity contribution in [1.29, 1.82) is 0 Å². The van der Waals surface area contributed by atoms with Crippen molar-refractivity contribution in [3.63, 3.8) is 0 Å². The van der Waals surface area contributed by atoms with Crippen LogP contribution in [0.2, 0.25) is 0 Å². The molecular weight excluding hydrogens is 634 g/mol. The number of pyridine rings is 2. The Bertz CT molecular complexity index is 1710. The normalized spacial score (nSPS) is 10.8. The monoisotopic (exact) mass is 671 g/mol. The first-order valence-electron chi connectivity index (χ1n) is 15.2. The van der Waals surface area contributed by atoms with E-state index in [-0.39, 0.29) is 17.1 Å². The smallest absolute Gasteiger partial charge is 0.101 e. The van der Waals surface area contributed by atoms with Gasteiger partial charge in [-0.25, -0.2) is 0 Å². The maximum Gasteiger partial charge on any atom is 0.101 e. The molecule has 0 fully saturated rings. The summed E-state index contributed by atoms with van der Waals surface area (Å²) in [5, 5.41) is 8.36. The van der Waals surface area contributed by atoms with Gasteiger partial charge in [0.1, 0.15) is 12.3 Å². The van der Waals surface area contributed by atoms with Crippen LogP contribution in [0, 0.1) is 13.8 Å². The second-order valence-electron chi connectivity index (χ2n) is 11.0. The average molecular weight is 672 g/mol. The summed E-state index contributed by atoms with van der Waals surface area (Å²) in [4.78, 5) is 9.16. The summed E-state index contributed by atoms with van der Waals surface area (Å²) in [6.07, 6.45) is 2.52. The Morgan fingerprint density at radius 3 is 0.933 bits per heavy atom. The van der Waals surface area contributed by atoms with Crippen LogP contribution in [-0.4, -0.2) is 22.3 Å². The van der Waals surface area contributed by atoms with Crippen molar-refractivity contribution in [3.05, 3.63) is 169 Å². The van der Waals surface area contributed by atoms with Gasteiger partial charge in [0.2, 0.25) is 0 Å². The molecule has 0 saturated heterocycles. The topological polar surface area (TPSA) is 25.8 Å². The number of hydrogen-bond acceptors (Lipinski definition) is 2. The van der Waals surface area contributed by atoms with E-state index in [0.29, 0.717) is 0 Å². The van der Waals surface area contributed by atoms with Gasteiger partial charge in [-0.2, -0.15) is 0 Å². The van der Waals surface area contributed by atoms with Gasteiger partial charge >= 0.3 is 0 Å². The number of benzene rings is 5. The molecule has 7 aromatic rings. The first-order valence-corrected chi connectivity index (χ1v) is 18.6. The van der Waals surface area contributed by atoms with Crippen molar-refractivity contribution in [2.24, 2.45) is 0 Å². The average Bonchev–Trinajstić information content (AvgIpc) is 3.08. The molecule has 5 heteroatoms. The van der Waals surface area contributed by atoms with Gasteiger partial charge in [-0.15, -0.1) is 0 Å². The fourth-order valence-corrected chi connectivity index (χ4v) is 11.9. The minimum Gasteiger partial charge on any atom is -0.251 e. The van der Waals surface area contributed by atoms with Crippen LogP contribution >= 0.6 is 15.8 Å². The first-order chi connectivity index (χ1) is 21.7. The predicted octanol–water partition coefficient (Wildman–Crippen LogP) is 8.11. The quantitative estimate of drug-likeness (QED) is 0.0972. The van der Waals surface area contributed by atoms with Gasteiger partial charge in [-0.05, 0) is 74.5 Å². The minimum atomic E-state index is -0.783. The van der Waals surface area contributed by atoms with E-state index >= 15 is 0 Å². The standard InChI is InChI=1S/C26H24P2.C14H12N2.Cu/c1-5-13-23(14-6-1)27(24-15-7-2-8-16-24)21-22-28(25-17-9-3-10-18-25)26-19-11-4-12-20-26;1-9-3-5-11-7-8-12-6-4-10(2)16-14(12)13(11)15-9;/h1-20H,21-22H2;3-8H,1-2H3;/p+2. The van der Waals surface area contributed by atoms with Crippen molar-refractivity contribution >= 4 is 58.9 Å². The SMILES string of the molecule is Cc1ccc2ccc3ccc(C)nc3c2n1.[Cu].c1ccc([PH+](CC[PH+](c2ccccc2)c2ccccc2)c2ccccc2)cc1. The Kier molecular flexibility index (Phi) is 11.6. The summed E-state index contributed by atoms with van der Waals surface area (Å²) in [6.45, 7) is 4.02. The van der Waals surface area contributed by atoms with E-state index < -0.39 is 15.8 Å². The molecule has 1 radical (unpaired) electrons. The molecule has 2 nitrogen and oxygen atoms in total. The second-order valence-corrected chi connectivity index (χ2v) is 16.3. The van der Waals surface area contributed by atoms with Crippen LogP contribution < -0.4 is 21.2 Å². The Balaban J connectivity index is 0.000000200. The van der Waals surface area contributed by atoms with Crippen LogP contribution in [-0.2, 0) is 17.1 Å². The molecule has 0 N–H and O–H groups in total. The Labute approximate surface area is 280 Å². The molecule has 0 unspecified atom stereocenters. The van der Waals surface area contributed by atoms with Crippen LogP contribution in [0.1, 0.15) is 11.4 Å². The summed E-state index contributed by atoms with van der Waals surface area (Å²) in [6, 6.07) is 57.0. The minimum absolute atomic E-state index is 0. The van der Waals surface area contributed by atoms with Gasteiger partial charge in [-0.3, -0.25) is 9.97 Å². The number of aryl methyl sites for hydroxylation is 2. The first kappa shape index (κ1) is 32.7. The Hall–Kier alpha value is -3.70. The number of fused-ring (bicyclic) bond motifs is 3. The molecule has 0 aliphatic carbocycles. The van der Waals surface area contributed by atoms with Crippen molar-refractivity contribution in [2.45, 2.75) is 13.8 Å². The molecule has 45 heavy (non-hydrogen) atoms. The molecule has 0 bridgehead atoms. The summed E-state index contributed by atoms with van der Waals surface area (Å²) in [7, 11) is -1.57. The Morgan fingerprint density at radius 1 is 0.378 bits per heavy atom. The molecule has 0 atom stereocenters. The molecule has 2 aromatic heterocycles. The summed E-state index contributed by atoms with van der Waals surface area (Å²) < 4.78 is 0. The summed E-state index contributed by atoms with van der Waals surface area (Å²) in [5.41, 5.74) is 4.06. The van der Waals surface area contributed by atoms with Crippen molar-refractivity contribution in [2.75, 3.05) is 12.3 Å². The molecular formula is C40H38CuN2P2+2. The second kappa shape index (κ2) is 16.0. The van der Waals surface area contributed by atoms with Crippen molar-refractivity contribution < 1.29 is 17.1 Å². The van der Waals surface area contributed by atoms with E-state index in [1.165, 1.54) is 33.5 Å². The van der Waals surface area contributed by atoms with Crippen LogP contribution in [0.3, 0.4) is 0 Å². The predicted molar refractivity (Wildman–Crippen MR) is 197 cm³/mol. The van der Waals surface area contributed by atoms with Crippen LogP contribution in [0.4, 0.5) is 0 Å². The van der Waals surface area contributed by atoms with Gasteiger partial charge in [0.05, 0.1) is 48.1 Å². The fourth-order valence-electron chi connectivity index (χ4n) is 5.68. The van der Waals surface area contributed by atoms with Crippen molar-refractivity contribution in [3.8, 4) is 0 Å². The molecule has 227 valence electrons. The zero-order valence-corrected chi connectivity index (χ0v) is 28.6. The number of rotatable bonds is 7. The van der Waals surface area contributed by atoms with Crippen LogP contribution in [0.25, 0.3) is 21.8 Å². The van der Waals surface area contributed by atoms with Gasteiger partial charge in [0.25, 0.3) is 0 Å². The third-order valence-electron chi connectivity index (χ3n) is 7.91. The maximum atomic E-state index is 4.58. The molecule has 5 aromatic carbocycles. The molecule has 0 aliphatic heterocycles. The number of hydrogen-bond donors (Lipinski definition) is 0. The van der Waals surface area contributed by atoms with Gasteiger partial charge < -0.3 is 0 Å². The molecule has 2 heterocycles. The third kappa shape index (κ3) is 8.32. The fraction of sp³-hybridized carbons (Fsp3) is 0.100. The molecule has 0 amide bonds. The van der Waals surface area contributed by atoms with Crippen LogP contribution in [0.15, 0.2) is 158 Å². The number of aromatic nitrogens is 2. The van der Waals surface area contributed by atoms with E-state index in [1.54, 1.807) is 0 Å². The van der Waals surface area contributed by atoms with E-state index in [0.717, 1.165) is 33.2 Å². The van der Waals surface area contributed by atoms with Gasteiger partial charge in [-0.1, -0.05) is 97.1 Å². The zero-order valence-electron chi connectivity index (χ0n) is 25.6. The van der Waals surface area contributed by atoms with E-state index in [4.69, 9.17) is 0 Å². The van der Waals surface area contributed by atoms with E-state index in [2.05, 4.69) is 156 Å². The van der Waals surface area contributed by atoms with Gasteiger partial charge in [0.15, 0.2) is 0 Å².